The molecule has 0 radical (unpaired) electrons. The first-order chi connectivity index (χ1) is 14.9. The van der Waals surface area contributed by atoms with Gasteiger partial charge in [-0.25, -0.2) is 0 Å². The molecule has 4 nitrogen and oxygen atoms in total. The quantitative estimate of drug-likeness (QED) is 0.358. The molecule has 4 rings (SSSR count). The van der Waals surface area contributed by atoms with Crippen molar-refractivity contribution in [3.63, 3.8) is 0 Å². The zero-order valence-corrected chi connectivity index (χ0v) is 21.5. The van der Waals surface area contributed by atoms with Crippen LogP contribution in [-0.4, -0.2) is 50.5 Å². The molecular formula is C25H36N2O2Si2. The molecule has 2 amide bonds. The number of hydrogen-bond acceptors (Lipinski definition) is 3. The third kappa shape index (κ3) is 3.53. The Hall–Kier alpha value is -1.77. The number of carbonyl (C=O) groups is 2. The van der Waals surface area contributed by atoms with Crippen LogP contribution < -0.4 is 0 Å². The van der Waals surface area contributed by atoms with Crippen LogP contribution in [0.5, 0.6) is 0 Å². The molecule has 31 heavy (non-hydrogen) atoms. The zero-order valence-electron chi connectivity index (χ0n) is 19.5. The molecule has 0 aliphatic carbocycles. The van der Waals surface area contributed by atoms with Gasteiger partial charge in [-0.3, -0.25) is 14.5 Å². The molecule has 1 fully saturated rings. The SMILES string of the molecule is CC[Si]1(CC)CC[Si](CC)(CC)N1CCCN1C(=O)c2cc3ccccc3cc2C1=O. The number of carbonyl (C=O) groups excluding carboxylic acids is 2. The van der Waals surface area contributed by atoms with Gasteiger partial charge in [-0.05, 0) is 72.1 Å². The summed E-state index contributed by atoms with van der Waals surface area (Å²) in [6, 6.07) is 20.0. The van der Waals surface area contributed by atoms with Crippen LogP contribution in [-0.2, 0) is 0 Å². The second-order valence-corrected chi connectivity index (χ2v) is 19.6. The fourth-order valence-electron chi connectivity index (χ4n) is 6.25. The Balaban J connectivity index is 1.51. The minimum Gasteiger partial charge on any atom is -0.345 e. The average molecular weight is 453 g/mol. The molecule has 166 valence electrons. The van der Waals surface area contributed by atoms with Gasteiger partial charge < -0.3 is 4.23 Å². The van der Waals surface area contributed by atoms with Crippen molar-refractivity contribution >= 4 is 39.1 Å². The first-order valence-electron chi connectivity index (χ1n) is 12.1. The van der Waals surface area contributed by atoms with E-state index in [9.17, 15) is 9.59 Å². The molecule has 2 heterocycles. The van der Waals surface area contributed by atoms with Crippen LogP contribution in [0.15, 0.2) is 36.4 Å². The molecule has 0 spiro atoms. The van der Waals surface area contributed by atoms with E-state index in [1.165, 1.54) is 41.2 Å². The summed E-state index contributed by atoms with van der Waals surface area (Å²) in [5.41, 5.74) is 1.14. The summed E-state index contributed by atoms with van der Waals surface area (Å²) in [7, 11) is -2.78. The number of rotatable bonds is 8. The fourth-order valence-corrected chi connectivity index (χ4v) is 22.3. The van der Waals surface area contributed by atoms with Gasteiger partial charge in [-0.15, -0.1) is 0 Å². The van der Waals surface area contributed by atoms with Crippen molar-refractivity contribution in [1.29, 1.82) is 0 Å². The van der Waals surface area contributed by atoms with Crippen LogP contribution in [0.2, 0.25) is 36.3 Å². The summed E-state index contributed by atoms with van der Waals surface area (Å²) in [5, 5.41) is 2.04. The normalized spacial score (nSPS) is 20.1. The Morgan fingerprint density at radius 1 is 0.742 bits per heavy atom. The van der Waals surface area contributed by atoms with E-state index in [2.05, 4.69) is 31.9 Å². The third-order valence-electron chi connectivity index (χ3n) is 8.43. The summed E-state index contributed by atoms with van der Waals surface area (Å²) in [6.07, 6.45) is 0.897. The van der Waals surface area contributed by atoms with Crippen molar-refractivity contribution in [3.05, 3.63) is 47.5 Å². The van der Waals surface area contributed by atoms with Crippen LogP contribution >= 0.6 is 0 Å². The van der Waals surface area contributed by atoms with Crippen LogP contribution in [0.4, 0.5) is 0 Å². The summed E-state index contributed by atoms with van der Waals surface area (Å²) < 4.78 is 3.03. The third-order valence-corrected chi connectivity index (χ3v) is 22.1. The highest BCUT2D eigenvalue weighted by Crippen LogP contribution is 2.45. The lowest BCUT2D eigenvalue weighted by molar-refractivity contribution is 0.0652. The molecule has 0 aromatic heterocycles. The van der Waals surface area contributed by atoms with Gasteiger partial charge in [-0.2, -0.15) is 0 Å². The topological polar surface area (TPSA) is 40.6 Å². The van der Waals surface area contributed by atoms with E-state index in [0.29, 0.717) is 17.7 Å². The Labute approximate surface area is 188 Å². The van der Waals surface area contributed by atoms with Crippen molar-refractivity contribution in [1.82, 2.24) is 9.13 Å². The smallest absolute Gasteiger partial charge is 0.261 e. The van der Waals surface area contributed by atoms with Gasteiger partial charge >= 0.3 is 0 Å². The highest BCUT2D eigenvalue weighted by atomic mass is 28.4. The molecule has 1 saturated heterocycles. The number of hydrogen-bond donors (Lipinski definition) is 0. The minimum absolute atomic E-state index is 0.115. The monoisotopic (exact) mass is 452 g/mol. The van der Waals surface area contributed by atoms with Crippen LogP contribution in [0.25, 0.3) is 10.8 Å². The van der Waals surface area contributed by atoms with Gasteiger partial charge in [0.25, 0.3) is 11.8 Å². The molecule has 2 aromatic carbocycles. The maximum absolute atomic E-state index is 13.1. The van der Waals surface area contributed by atoms with E-state index >= 15 is 0 Å². The summed E-state index contributed by atoms with van der Waals surface area (Å²) in [6.45, 7) is 11.2. The number of fused-ring (bicyclic) bond motifs is 2. The van der Waals surface area contributed by atoms with Crippen molar-refractivity contribution in [2.45, 2.75) is 70.4 Å². The van der Waals surface area contributed by atoms with Crippen LogP contribution in [0.1, 0.15) is 54.8 Å². The number of nitrogens with zero attached hydrogens (tertiary/aromatic N) is 2. The van der Waals surface area contributed by atoms with Gasteiger partial charge in [0.05, 0.1) is 11.1 Å². The van der Waals surface area contributed by atoms with E-state index in [1.54, 1.807) is 0 Å². The number of amides is 2. The second-order valence-electron chi connectivity index (χ2n) is 9.37. The molecule has 0 saturated carbocycles. The Morgan fingerprint density at radius 3 is 1.61 bits per heavy atom. The lowest BCUT2D eigenvalue weighted by atomic mass is 10.0. The zero-order chi connectivity index (χ0) is 22.2. The molecule has 0 N–H and O–H groups in total. The van der Waals surface area contributed by atoms with Crippen molar-refractivity contribution in [2.24, 2.45) is 0 Å². The lowest BCUT2D eigenvalue weighted by Gasteiger charge is -2.45. The highest BCUT2D eigenvalue weighted by Gasteiger charge is 2.53. The molecular weight excluding hydrogens is 416 g/mol. The van der Waals surface area contributed by atoms with E-state index in [0.717, 1.165) is 23.7 Å². The van der Waals surface area contributed by atoms with Crippen molar-refractivity contribution < 1.29 is 9.59 Å². The summed E-state index contributed by atoms with van der Waals surface area (Å²) >= 11 is 0. The Kier molecular flexibility index (Phi) is 6.25. The first-order valence-corrected chi connectivity index (χ1v) is 17.3. The van der Waals surface area contributed by atoms with E-state index in [4.69, 9.17) is 0 Å². The van der Waals surface area contributed by atoms with Gasteiger partial charge in [0.1, 0.15) is 16.5 Å². The highest BCUT2D eigenvalue weighted by molar-refractivity contribution is 6.97. The minimum atomic E-state index is -1.39. The largest absolute Gasteiger partial charge is 0.345 e. The van der Waals surface area contributed by atoms with Crippen LogP contribution in [0.3, 0.4) is 0 Å². The standard InChI is InChI=1S/C25H36N2O2Si2/c1-5-30(6-2)16-17-31(7-3,8-4)27(30)15-11-14-26-24(28)22-18-20-12-9-10-13-21(20)19-23(22)25(26)29/h9-10,12-13,18-19H,5-8,11,14-17H2,1-4H3. The Morgan fingerprint density at radius 2 is 1.19 bits per heavy atom. The first kappa shape index (κ1) is 22.4. The second kappa shape index (κ2) is 8.64. The van der Waals surface area contributed by atoms with Crippen LogP contribution in [0, 0.1) is 0 Å². The maximum Gasteiger partial charge on any atom is 0.261 e. The molecule has 2 aliphatic heterocycles. The van der Waals surface area contributed by atoms with E-state index in [-0.39, 0.29) is 11.8 Å². The van der Waals surface area contributed by atoms with Crippen molar-refractivity contribution in [3.8, 4) is 0 Å². The molecule has 2 aliphatic rings. The van der Waals surface area contributed by atoms with E-state index < -0.39 is 16.5 Å². The molecule has 6 heteroatoms. The molecule has 0 bridgehead atoms. The predicted octanol–water partition coefficient (Wildman–Crippen LogP) is 6.11. The van der Waals surface area contributed by atoms with Gasteiger partial charge in [-0.1, -0.05) is 52.0 Å². The van der Waals surface area contributed by atoms with E-state index in [1.807, 2.05) is 36.4 Å². The predicted molar refractivity (Wildman–Crippen MR) is 134 cm³/mol. The fraction of sp³-hybridized carbons (Fsp3) is 0.520. The van der Waals surface area contributed by atoms with Gasteiger partial charge in [0, 0.05) is 6.54 Å². The lowest BCUT2D eigenvalue weighted by Crippen LogP contribution is -2.60. The summed E-state index contributed by atoms with van der Waals surface area (Å²) in [5.74, 6) is -0.229. The molecule has 0 unspecified atom stereocenters. The maximum atomic E-state index is 13.1. The number of benzene rings is 2. The average Bonchev–Trinajstić information content (AvgIpc) is 3.25. The molecule has 2 aromatic rings. The number of imide groups is 1. The Bertz CT molecular complexity index is 924. The summed E-state index contributed by atoms with van der Waals surface area (Å²) in [4.78, 5) is 27.6. The van der Waals surface area contributed by atoms with Gasteiger partial charge in [0.15, 0.2) is 0 Å². The van der Waals surface area contributed by atoms with Crippen molar-refractivity contribution in [2.75, 3.05) is 13.1 Å². The molecule has 0 atom stereocenters. The van der Waals surface area contributed by atoms with Gasteiger partial charge in [0.2, 0.25) is 0 Å².